The van der Waals surface area contributed by atoms with E-state index < -0.39 is 0 Å². The molecule has 146 valence electrons. The zero-order valence-electron chi connectivity index (χ0n) is 16.2. The number of benzene rings is 2. The molecule has 2 N–H and O–H groups in total. The van der Waals surface area contributed by atoms with Gasteiger partial charge in [-0.25, -0.2) is 0 Å². The number of nitrogens with one attached hydrogen (secondary N) is 2. The number of hydrogen-bond donors (Lipinski definition) is 2. The number of rotatable bonds is 6. The summed E-state index contributed by atoms with van der Waals surface area (Å²) in [7, 11) is 0. The van der Waals surface area contributed by atoms with Crippen molar-refractivity contribution in [3.05, 3.63) is 60.2 Å². The number of para-hydroxylation sites is 1. The third-order valence-electron chi connectivity index (χ3n) is 5.09. The summed E-state index contributed by atoms with van der Waals surface area (Å²) < 4.78 is 0. The number of carbonyl (C=O) groups is 1. The van der Waals surface area contributed by atoms with Crippen molar-refractivity contribution in [1.82, 2.24) is 10.6 Å². The molecular weight excluding hydrogens is 358 g/mol. The molecule has 1 amide bonds. The van der Waals surface area contributed by atoms with Crippen LogP contribution in [-0.4, -0.2) is 25.0 Å². The van der Waals surface area contributed by atoms with Crippen LogP contribution in [-0.2, 0) is 11.3 Å². The Morgan fingerprint density at radius 2 is 1.78 bits per heavy atom. The van der Waals surface area contributed by atoms with Crippen molar-refractivity contribution >= 4 is 29.7 Å². The lowest BCUT2D eigenvalue weighted by Gasteiger charge is -2.27. The SMILES string of the molecule is CCN(c1ccccc1)c1ccc(CNC(=O)[C@H]2CCN[C@@H](C)C2)cc1.Cl. The smallest absolute Gasteiger partial charge is 0.223 e. The van der Waals surface area contributed by atoms with Crippen LogP contribution in [0.25, 0.3) is 0 Å². The van der Waals surface area contributed by atoms with Crippen molar-refractivity contribution < 1.29 is 4.79 Å². The molecule has 2 aromatic rings. The highest BCUT2D eigenvalue weighted by molar-refractivity contribution is 5.85. The van der Waals surface area contributed by atoms with Crippen LogP contribution in [0.5, 0.6) is 0 Å². The van der Waals surface area contributed by atoms with Crippen molar-refractivity contribution in [3.8, 4) is 0 Å². The molecule has 0 spiro atoms. The van der Waals surface area contributed by atoms with Gasteiger partial charge in [-0.05, 0) is 63.1 Å². The molecule has 27 heavy (non-hydrogen) atoms. The van der Waals surface area contributed by atoms with Crippen LogP contribution in [0.4, 0.5) is 11.4 Å². The van der Waals surface area contributed by atoms with Crippen molar-refractivity contribution in [2.45, 2.75) is 39.3 Å². The maximum absolute atomic E-state index is 12.4. The van der Waals surface area contributed by atoms with Gasteiger partial charge in [-0.2, -0.15) is 0 Å². The highest BCUT2D eigenvalue weighted by Gasteiger charge is 2.24. The molecule has 0 aromatic heterocycles. The fourth-order valence-electron chi connectivity index (χ4n) is 3.62. The second-order valence-electron chi connectivity index (χ2n) is 7.04. The summed E-state index contributed by atoms with van der Waals surface area (Å²) in [6.07, 6.45) is 1.85. The molecule has 2 atom stereocenters. The zero-order chi connectivity index (χ0) is 18.4. The highest BCUT2D eigenvalue weighted by Crippen LogP contribution is 2.25. The molecule has 0 bridgehead atoms. The molecule has 5 heteroatoms. The molecule has 2 aromatic carbocycles. The molecule has 1 heterocycles. The predicted octanol–water partition coefficient (Wildman–Crippen LogP) is 4.27. The van der Waals surface area contributed by atoms with Gasteiger partial charge in [0.25, 0.3) is 0 Å². The summed E-state index contributed by atoms with van der Waals surface area (Å²) in [5, 5.41) is 6.49. The summed E-state index contributed by atoms with van der Waals surface area (Å²) in [5.74, 6) is 0.320. The molecular formula is C22H30ClN3O. The van der Waals surface area contributed by atoms with Crippen molar-refractivity contribution in [2.75, 3.05) is 18.0 Å². The van der Waals surface area contributed by atoms with Crippen LogP contribution < -0.4 is 15.5 Å². The summed E-state index contributed by atoms with van der Waals surface area (Å²) in [4.78, 5) is 14.7. The van der Waals surface area contributed by atoms with Crippen LogP contribution in [0.15, 0.2) is 54.6 Å². The van der Waals surface area contributed by atoms with E-state index in [0.29, 0.717) is 12.6 Å². The molecule has 1 aliphatic heterocycles. The minimum atomic E-state index is 0. The number of nitrogens with zero attached hydrogens (tertiary/aromatic N) is 1. The van der Waals surface area contributed by atoms with Gasteiger partial charge in [0.1, 0.15) is 0 Å². The standard InChI is InChI=1S/C22H29N3O.ClH/c1-3-25(20-7-5-4-6-8-20)21-11-9-18(10-12-21)16-24-22(26)19-13-14-23-17(2)15-19;/h4-12,17,19,23H,3,13-16H2,1-2H3,(H,24,26);1H/t17-,19-;/m0./s1. The molecule has 0 radical (unpaired) electrons. The Kier molecular flexibility index (Phi) is 8.14. The number of amides is 1. The number of halogens is 1. The van der Waals surface area contributed by atoms with Crippen LogP contribution in [0.3, 0.4) is 0 Å². The first-order valence-corrected chi connectivity index (χ1v) is 9.60. The number of carbonyl (C=O) groups excluding carboxylic acids is 1. The van der Waals surface area contributed by atoms with Gasteiger partial charge in [-0.3, -0.25) is 4.79 Å². The Labute approximate surface area is 168 Å². The van der Waals surface area contributed by atoms with Crippen LogP contribution in [0, 0.1) is 5.92 Å². The molecule has 0 unspecified atom stereocenters. The average Bonchev–Trinajstić information content (AvgIpc) is 2.68. The summed E-state index contributed by atoms with van der Waals surface area (Å²) in [6.45, 7) is 6.73. The normalized spacial score (nSPS) is 19.0. The van der Waals surface area contributed by atoms with E-state index in [1.54, 1.807) is 0 Å². The van der Waals surface area contributed by atoms with Gasteiger partial charge < -0.3 is 15.5 Å². The van der Waals surface area contributed by atoms with Crippen LogP contribution >= 0.6 is 12.4 Å². The number of hydrogen-bond acceptors (Lipinski definition) is 3. The Morgan fingerprint density at radius 3 is 2.41 bits per heavy atom. The molecule has 0 aliphatic carbocycles. The van der Waals surface area contributed by atoms with E-state index >= 15 is 0 Å². The van der Waals surface area contributed by atoms with E-state index in [1.165, 1.54) is 11.4 Å². The van der Waals surface area contributed by atoms with Crippen LogP contribution in [0.2, 0.25) is 0 Å². The van der Waals surface area contributed by atoms with E-state index in [9.17, 15) is 4.79 Å². The second kappa shape index (κ2) is 10.3. The summed E-state index contributed by atoms with van der Waals surface area (Å²) >= 11 is 0. The molecule has 1 saturated heterocycles. The van der Waals surface area contributed by atoms with Gasteiger partial charge in [0, 0.05) is 36.4 Å². The van der Waals surface area contributed by atoms with Gasteiger partial charge in [0.2, 0.25) is 5.91 Å². The zero-order valence-corrected chi connectivity index (χ0v) is 17.0. The molecule has 1 fully saturated rings. The van der Waals surface area contributed by atoms with E-state index in [-0.39, 0.29) is 24.2 Å². The molecule has 4 nitrogen and oxygen atoms in total. The van der Waals surface area contributed by atoms with Crippen LogP contribution in [0.1, 0.15) is 32.3 Å². The van der Waals surface area contributed by atoms with Gasteiger partial charge in [0.15, 0.2) is 0 Å². The van der Waals surface area contributed by atoms with Crippen molar-refractivity contribution in [1.29, 1.82) is 0 Å². The Balaban J connectivity index is 0.00000261. The second-order valence-corrected chi connectivity index (χ2v) is 7.04. The quantitative estimate of drug-likeness (QED) is 0.777. The largest absolute Gasteiger partial charge is 0.352 e. The lowest BCUT2D eigenvalue weighted by molar-refractivity contribution is -0.126. The van der Waals surface area contributed by atoms with Gasteiger partial charge >= 0.3 is 0 Å². The van der Waals surface area contributed by atoms with Gasteiger partial charge in [-0.1, -0.05) is 30.3 Å². The lowest BCUT2D eigenvalue weighted by atomic mass is 9.92. The Bertz CT molecular complexity index is 705. The number of anilines is 2. The lowest BCUT2D eigenvalue weighted by Crippen LogP contribution is -2.42. The Morgan fingerprint density at radius 1 is 1.11 bits per heavy atom. The van der Waals surface area contributed by atoms with E-state index in [2.05, 4.69) is 77.9 Å². The average molecular weight is 388 g/mol. The fourth-order valence-corrected chi connectivity index (χ4v) is 3.62. The maximum atomic E-state index is 12.4. The predicted molar refractivity (Wildman–Crippen MR) is 115 cm³/mol. The summed E-state index contributed by atoms with van der Waals surface area (Å²) in [5.41, 5.74) is 3.49. The third-order valence-corrected chi connectivity index (χ3v) is 5.09. The molecule has 1 aliphatic rings. The van der Waals surface area contributed by atoms with E-state index in [4.69, 9.17) is 0 Å². The van der Waals surface area contributed by atoms with E-state index in [0.717, 1.165) is 31.5 Å². The fraction of sp³-hybridized carbons (Fsp3) is 0.409. The minimum absolute atomic E-state index is 0. The van der Waals surface area contributed by atoms with Crippen molar-refractivity contribution in [2.24, 2.45) is 5.92 Å². The first kappa shape index (κ1) is 21.3. The van der Waals surface area contributed by atoms with Gasteiger partial charge in [0.05, 0.1) is 0 Å². The number of piperidine rings is 1. The monoisotopic (exact) mass is 387 g/mol. The first-order chi connectivity index (χ1) is 12.7. The molecule has 3 rings (SSSR count). The van der Waals surface area contributed by atoms with Crippen molar-refractivity contribution in [3.63, 3.8) is 0 Å². The highest BCUT2D eigenvalue weighted by atomic mass is 35.5. The third kappa shape index (κ3) is 5.72. The first-order valence-electron chi connectivity index (χ1n) is 9.60. The maximum Gasteiger partial charge on any atom is 0.223 e. The molecule has 0 saturated carbocycles. The topological polar surface area (TPSA) is 44.4 Å². The minimum Gasteiger partial charge on any atom is -0.352 e. The Hall–Kier alpha value is -2.04. The summed E-state index contributed by atoms with van der Waals surface area (Å²) in [6, 6.07) is 19.3. The van der Waals surface area contributed by atoms with E-state index in [1.807, 2.05) is 6.07 Å². The van der Waals surface area contributed by atoms with Gasteiger partial charge in [-0.15, -0.1) is 12.4 Å².